The Kier molecular flexibility index (Phi) is 4.82. The van der Waals surface area contributed by atoms with Crippen molar-refractivity contribution < 1.29 is 18.0 Å². The van der Waals surface area contributed by atoms with E-state index < -0.39 is 8.80 Å². The van der Waals surface area contributed by atoms with Crippen LogP contribution >= 0.6 is 11.6 Å². The molecule has 0 aromatic carbocycles. The summed E-state index contributed by atoms with van der Waals surface area (Å²) in [6.45, 7) is 4.96. The summed E-state index contributed by atoms with van der Waals surface area (Å²) < 4.78 is 22.0. The van der Waals surface area contributed by atoms with Crippen LogP contribution in [0.3, 0.4) is 0 Å². The summed E-state index contributed by atoms with van der Waals surface area (Å²) in [5.74, 6) is 0. The highest BCUT2D eigenvalue weighted by Crippen LogP contribution is 2.18. The van der Waals surface area contributed by atoms with Crippen molar-refractivity contribution in [1.82, 2.24) is 0 Å². The van der Waals surface area contributed by atoms with Gasteiger partial charge >= 0.3 is 8.80 Å². The molecule has 0 spiro atoms. The Labute approximate surface area is 90.8 Å². The fourth-order valence-corrected chi connectivity index (χ4v) is 3.87. The van der Waals surface area contributed by atoms with Gasteiger partial charge in [-0.1, -0.05) is 0 Å². The molecule has 14 heavy (non-hydrogen) atoms. The first-order valence-corrected chi connectivity index (χ1v) is 7.13. The van der Waals surface area contributed by atoms with E-state index >= 15 is 0 Å². The van der Waals surface area contributed by atoms with Crippen LogP contribution in [0.5, 0.6) is 0 Å². The van der Waals surface area contributed by atoms with E-state index in [1.54, 1.807) is 7.11 Å². The number of halogens is 1. The van der Waals surface area contributed by atoms with Gasteiger partial charge in [0.05, 0.1) is 30.9 Å². The minimum Gasteiger partial charge on any atom is -0.376 e. The minimum absolute atomic E-state index is 0.0344. The Morgan fingerprint density at radius 3 is 2.14 bits per heavy atom. The smallest absolute Gasteiger partial charge is 0.376 e. The molecule has 1 aliphatic rings. The Hall–Kier alpha value is 0.347. The first kappa shape index (κ1) is 12.4. The number of hydrogen-bond acceptors (Lipinski definition) is 4. The quantitative estimate of drug-likeness (QED) is 0.537. The first-order chi connectivity index (χ1) is 6.62. The fraction of sp³-hybridized carbons (Fsp3) is 1.00. The van der Waals surface area contributed by atoms with E-state index in [2.05, 4.69) is 0 Å². The minimum atomic E-state index is -2.65. The van der Waals surface area contributed by atoms with Gasteiger partial charge in [0.25, 0.3) is 0 Å². The second-order valence-electron chi connectivity index (χ2n) is 3.42. The molecular formula is C8H17ClO4Si. The highest BCUT2D eigenvalue weighted by atomic mass is 35.5. The molecule has 0 aromatic rings. The second kappa shape index (κ2) is 5.44. The topological polar surface area (TPSA) is 36.9 Å². The van der Waals surface area contributed by atoms with Crippen molar-refractivity contribution in [2.45, 2.75) is 26.1 Å². The zero-order chi connectivity index (χ0) is 10.6. The maximum atomic E-state index is 5.84. The predicted molar refractivity (Wildman–Crippen MR) is 55.4 cm³/mol. The van der Waals surface area contributed by atoms with Crippen LogP contribution in [0.15, 0.2) is 0 Å². The van der Waals surface area contributed by atoms with Crippen LogP contribution in [0, 0.1) is 0 Å². The molecule has 6 heteroatoms. The molecule has 84 valence electrons. The van der Waals surface area contributed by atoms with Crippen LogP contribution in [-0.4, -0.2) is 46.8 Å². The highest BCUT2D eigenvalue weighted by molar-refractivity contribution is 6.69. The van der Waals surface area contributed by atoms with Crippen molar-refractivity contribution in [2.75, 3.05) is 25.8 Å². The maximum absolute atomic E-state index is 5.84. The molecule has 1 rings (SSSR count). The van der Waals surface area contributed by atoms with E-state index in [0.29, 0.717) is 13.2 Å². The molecule has 2 atom stereocenters. The number of alkyl halides is 1. The normalized spacial score (nSPS) is 40.3. The van der Waals surface area contributed by atoms with Gasteiger partial charge < -0.3 is 18.0 Å². The monoisotopic (exact) mass is 240 g/mol. The van der Waals surface area contributed by atoms with Crippen LogP contribution in [0.4, 0.5) is 0 Å². The van der Waals surface area contributed by atoms with Crippen LogP contribution in [-0.2, 0) is 18.0 Å². The molecule has 0 N–H and O–H groups in total. The SMILES string of the molecule is CO[Si]1(CCl)OC(C)COCC(C)O1. The summed E-state index contributed by atoms with van der Waals surface area (Å²) in [6.07, 6.45) is -0.0688. The number of ether oxygens (including phenoxy) is 1. The summed E-state index contributed by atoms with van der Waals surface area (Å²) in [7, 11) is -1.07. The fourth-order valence-electron chi connectivity index (χ4n) is 1.32. The predicted octanol–water partition coefficient (Wildman–Crippen LogP) is 1.19. The molecular weight excluding hydrogens is 224 g/mol. The van der Waals surface area contributed by atoms with Gasteiger partial charge in [0.1, 0.15) is 0 Å². The van der Waals surface area contributed by atoms with E-state index in [1.807, 2.05) is 13.8 Å². The third-order valence-corrected chi connectivity index (χ3v) is 5.40. The molecule has 0 aromatic heterocycles. The average molecular weight is 241 g/mol. The van der Waals surface area contributed by atoms with Crippen molar-refractivity contribution in [3.05, 3.63) is 0 Å². The zero-order valence-electron chi connectivity index (χ0n) is 8.79. The third-order valence-electron chi connectivity index (χ3n) is 1.94. The van der Waals surface area contributed by atoms with Crippen molar-refractivity contribution in [3.63, 3.8) is 0 Å². The molecule has 0 radical (unpaired) electrons. The van der Waals surface area contributed by atoms with E-state index in [0.717, 1.165) is 0 Å². The van der Waals surface area contributed by atoms with Gasteiger partial charge in [-0.3, -0.25) is 0 Å². The number of rotatable bonds is 2. The molecule has 1 heterocycles. The Balaban J connectivity index is 2.67. The van der Waals surface area contributed by atoms with Gasteiger partial charge in [-0.25, -0.2) is 0 Å². The Morgan fingerprint density at radius 1 is 1.29 bits per heavy atom. The van der Waals surface area contributed by atoms with Gasteiger partial charge in [-0.05, 0) is 13.8 Å². The summed E-state index contributed by atoms with van der Waals surface area (Å²) >= 11 is 5.84. The van der Waals surface area contributed by atoms with Crippen molar-refractivity contribution in [2.24, 2.45) is 0 Å². The molecule has 4 nitrogen and oxygen atoms in total. The largest absolute Gasteiger partial charge is 0.516 e. The zero-order valence-corrected chi connectivity index (χ0v) is 10.5. The van der Waals surface area contributed by atoms with Gasteiger partial charge in [-0.15, -0.1) is 11.6 Å². The second-order valence-corrected chi connectivity index (χ2v) is 6.73. The first-order valence-electron chi connectivity index (χ1n) is 4.66. The number of hydrogen-bond donors (Lipinski definition) is 0. The summed E-state index contributed by atoms with van der Waals surface area (Å²) in [4.78, 5) is 0. The summed E-state index contributed by atoms with van der Waals surface area (Å²) in [5.41, 5.74) is 0.276. The average Bonchev–Trinajstić information content (AvgIpc) is 2.14. The lowest BCUT2D eigenvalue weighted by Gasteiger charge is -2.34. The van der Waals surface area contributed by atoms with Gasteiger partial charge in [-0.2, -0.15) is 0 Å². The van der Waals surface area contributed by atoms with Gasteiger partial charge in [0, 0.05) is 7.11 Å². The highest BCUT2D eigenvalue weighted by Gasteiger charge is 2.43. The molecule has 1 fully saturated rings. The van der Waals surface area contributed by atoms with Gasteiger partial charge in [0.2, 0.25) is 0 Å². The van der Waals surface area contributed by atoms with Crippen LogP contribution in [0.2, 0.25) is 0 Å². The van der Waals surface area contributed by atoms with Crippen molar-refractivity contribution in [3.8, 4) is 0 Å². The molecule has 1 aliphatic heterocycles. The molecule has 1 saturated heterocycles. The molecule has 2 unspecified atom stereocenters. The van der Waals surface area contributed by atoms with E-state index in [-0.39, 0.29) is 17.7 Å². The molecule has 0 bridgehead atoms. The van der Waals surface area contributed by atoms with E-state index in [1.165, 1.54) is 0 Å². The molecule has 0 amide bonds. The lowest BCUT2D eigenvalue weighted by atomic mass is 10.4. The van der Waals surface area contributed by atoms with Crippen molar-refractivity contribution >= 4 is 20.4 Å². The van der Waals surface area contributed by atoms with Crippen LogP contribution in [0.1, 0.15) is 13.8 Å². The van der Waals surface area contributed by atoms with Crippen molar-refractivity contribution in [1.29, 1.82) is 0 Å². The van der Waals surface area contributed by atoms with Crippen LogP contribution in [0.25, 0.3) is 0 Å². The standard InChI is InChI=1S/C8H17ClO4Si/c1-7-4-11-5-8(2)13-14(6-9,10-3)12-7/h7-8H,4-6H2,1-3H3. The van der Waals surface area contributed by atoms with E-state index in [9.17, 15) is 0 Å². The summed E-state index contributed by atoms with van der Waals surface area (Å²) in [5, 5.41) is 0. The Bertz CT molecular complexity index is 163. The summed E-state index contributed by atoms with van der Waals surface area (Å²) in [6, 6.07) is 0. The van der Waals surface area contributed by atoms with E-state index in [4.69, 9.17) is 29.6 Å². The Morgan fingerprint density at radius 2 is 1.79 bits per heavy atom. The molecule has 0 aliphatic carbocycles. The van der Waals surface area contributed by atoms with Gasteiger partial charge in [0.15, 0.2) is 0 Å². The lowest BCUT2D eigenvalue weighted by Crippen LogP contribution is -2.54. The molecule has 0 saturated carbocycles. The third kappa shape index (κ3) is 3.18. The lowest BCUT2D eigenvalue weighted by molar-refractivity contribution is -0.0651. The van der Waals surface area contributed by atoms with Crippen LogP contribution < -0.4 is 0 Å². The maximum Gasteiger partial charge on any atom is 0.516 e.